The quantitative estimate of drug-likeness (QED) is 0.592. The van der Waals surface area contributed by atoms with Crippen LogP contribution in [0, 0.1) is 5.92 Å². The van der Waals surface area contributed by atoms with Gasteiger partial charge >= 0.3 is 0 Å². The summed E-state index contributed by atoms with van der Waals surface area (Å²) in [5, 5.41) is 0. The van der Waals surface area contributed by atoms with E-state index in [1.165, 1.54) is 0 Å². The average molecular weight is 166 g/mol. The zero-order chi connectivity index (χ0) is 9.49. The van der Waals surface area contributed by atoms with E-state index in [0.29, 0.717) is 12.3 Å². The average Bonchev–Trinajstić information content (AvgIpc) is 1.87. The Morgan fingerprint density at radius 1 is 1.18 bits per heavy atom. The third-order valence-corrected chi connectivity index (χ3v) is 1.16. The van der Waals surface area contributed by atoms with Crippen molar-refractivity contribution in [3.8, 4) is 0 Å². The highest BCUT2D eigenvalue weighted by atomic mass is 19.3. The van der Waals surface area contributed by atoms with E-state index in [9.17, 15) is 8.78 Å². The first kappa shape index (κ1) is 13.4. The van der Waals surface area contributed by atoms with Crippen LogP contribution in [0.4, 0.5) is 8.78 Å². The third kappa shape index (κ3) is 17.7. The maximum Gasteiger partial charge on any atom is 0.245 e. The van der Waals surface area contributed by atoms with E-state index < -0.39 is 5.92 Å². The van der Waals surface area contributed by atoms with Crippen LogP contribution in [0.15, 0.2) is 0 Å². The van der Waals surface area contributed by atoms with E-state index in [4.69, 9.17) is 0 Å². The minimum Gasteiger partial charge on any atom is -0.207 e. The predicted molar refractivity (Wildman–Crippen MR) is 46.0 cm³/mol. The van der Waals surface area contributed by atoms with Crippen molar-refractivity contribution in [1.82, 2.24) is 0 Å². The Kier molecular flexibility index (Phi) is 8.02. The van der Waals surface area contributed by atoms with Crippen molar-refractivity contribution in [2.24, 2.45) is 5.92 Å². The van der Waals surface area contributed by atoms with E-state index in [1.807, 2.05) is 27.7 Å². The molecule has 0 rings (SSSR count). The van der Waals surface area contributed by atoms with Crippen LogP contribution in [0.3, 0.4) is 0 Å². The monoisotopic (exact) mass is 166 g/mol. The molecule has 0 heterocycles. The van der Waals surface area contributed by atoms with Gasteiger partial charge in [-0.25, -0.2) is 8.78 Å². The Morgan fingerprint density at radius 2 is 1.55 bits per heavy atom. The fourth-order valence-corrected chi connectivity index (χ4v) is 0.542. The van der Waals surface area contributed by atoms with Crippen molar-refractivity contribution >= 4 is 0 Å². The summed E-state index contributed by atoms with van der Waals surface area (Å²) in [4.78, 5) is 0. The second-order valence-corrected chi connectivity index (χ2v) is 3.00. The first-order chi connectivity index (χ1) is 4.92. The standard InChI is InChI=1S/C7H14F2.C2H6/c1-6(2)4-5-7(3,8)9;1-2/h6H,4-5H2,1-3H3;1-2H3. The van der Waals surface area contributed by atoms with Crippen LogP contribution < -0.4 is 0 Å². The van der Waals surface area contributed by atoms with Crippen molar-refractivity contribution in [3.05, 3.63) is 0 Å². The molecular weight excluding hydrogens is 146 g/mol. The minimum absolute atomic E-state index is 0.0185. The zero-order valence-electron chi connectivity index (χ0n) is 8.25. The summed E-state index contributed by atoms with van der Waals surface area (Å²) in [7, 11) is 0. The van der Waals surface area contributed by atoms with Gasteiger partial charge in [-0.1, -0.05) is 27.7 Å². The molecule has 0 N–H and O–H groups in total. The van der Waals surface area contributed by atoms with Gasteiger partial charge < -0.3 is 0 Å². The van der Waals surface area contributed by atoms with Crippen molar-refractivity contribution < 1.29 is 8.78 Å². The highest BCUT2D eigenvalue weighted by Crippen LogP contribution is 2.21. The summed E-state index contributed by atoms with van der Waals surface area (Å²) in [6.45, 7) is 8.87. The highest BCUT2D eigenvalue weighted by molar-refractivity contribution is 4.58. The third-order valence-electron chi connectivity index (χ3n) is 1.16. The molecular formula is C9H20F2. The molecule has 0 fully saturated rings. The van der Waals surface area contributed by atoms with Crippen molar-refractivity contribution in [3.63, 3.8) is 0 Å². The van der Waals surface area contributed by atoms with E-state index in [-0.39, 0.29) is 6.42 Å². The molecule has 0 aromatic rings. The van der Waals surface area contributed by atoms with Crippen LogP contribution in [-0.4, -0.2) is 5.92 Å². The second-order valence-electron chi connectivity index (χ2n) is 3.00. The molecule has 70 valence electrons. The fraction of sp³-hybridized carbons (Fsp3) is 1.00. The molecule has 0 radical (unpaired) electrons. The smallest absolute Gasteiger partial charge is 0.207 e. The van der Waals surface area contributed by atoms with Crippen LogP contribution in [-0.2, 0) is 0 Å². The second kappa shape index (κ2) is 6.56. The molecule has 0 saturated heterocycles. The Morgan fingerprint density at radius 3 is 1.64 bits per heavy atom. The van der Waals surface area contributed by atoms with Gasteiger partial charge in [0.25, 0.3) is 0 Å². The van der Waals surface area contributed by atoms with Gasteiger partial charge in [-0.3, -0.25) is 0 Å². The molecule has 0 saturated carbocycles. The Bertz CT molecular complexity index is 72.1. The molecule has 0 atom stereocenters. The molecule has 0 aromatic heterocycles. The number of rotatable bonds is 3. The fourth-order valence-electron chi connectivity index (χ4n) is 0.542. The Balaban J connectivity index is 0. The predicted octanol–water partition coefficient (Wildman–Crippen LogP) is 4.10. The molecule has 0 nitrogen and oxygen atoms in total. The lowest BCUT2D eigenvalue weighted by Gasteiger charge is -2.10. The van der Waals surface area contributed by atoms with E-state index in [2.05, 4.69) is 0 Å². The largest absolute Gasteiger partial charge is 0.245 e. The van der Waals surface area contributed by atoms with E-state index in [1.54, 1.807) is 0 Å². The molecule has 0 aliphatic carbocycles. The van der Waals surface area contributed by atoms with Crippen LogP contribution in [0.25, 0.3) is 0 Å². The molecule has 0 unspecified atom stereocenters. The molecule has 0 aliphatic rings. The summed E-state index contributed by atoms with van der Waals surface area (Å²) in [5.74, 6) is -2.08. The molecule has 0 aromatic carbocycles. The molecule has 2 heteroatoms. The van der Waals surface area contributed by atoms with E-state index in [0.717, 1.165) is 6.92 Å². The summed E-state index contributed by atoms with van der Waals surface area (Å²) in [6, 6.07) is 0. The summed E-state index contributed by atoms with van der Waals surface area (Å²) in [5.41, 5.74) is 0. The molecule has 0 aliphatic heterocycles. The zero-order valence-corrected chi connectivity index (χ0v) is 8.25. The number of halogens is 2. The van der Waals surface area contributed by atoms with Gasteiger partial charge in [-0.15, -0.1) is 0 Å². The van der Waals surface area contributed by atoms with Gasteiger partial charge in [0.05, 0.1) is 0 Å². The number of alkyl halides is 2. The van der Waals surface area contributed by atoms with Gasteiger partial charge in [0.1, 0.15) is 0 Å². The maximum absolute atomic E-state index is 12.1. The van der Waals surface area contributed by atoms with Gasteiger partial charge in [0, 0.05) is 6.42 Å². The SMILES string of the molecule is CC.CC(C)CCC(C)(F)F. The summed E-state index contributed by atoms with van der Waals surface area (Å²) in [6.07, 6.45) is 0.633. The first-order valence-corrected chi connectivity index (χ1v) is 4.29. The first-order valence-electron chi connectivity index (χ1n) is 4.29. The minimum atomic E-state index is -2.47. The Hall–Kier alpha value is -0.140. The number of hydrogen-bond donors (Lipinski definition) is 0. The van der Waals surface area contributed by atoms with Gasteiger partial charge in [0.2, 0.25) is 5.92 Å². The molecule has 0 amide bonds. The lowest BCUT2D eigenvalue weighted by Crippen LogP contribution is -2.10. The molecule has 0 spiro atoms. The maximum atomic E-state index is 12.1. The topological polar surface area (TPSA) is 0 Å². The molecule has 0 bridgehead atoms. The Labute approximate surface area is 69.0 Å². The summed E-state index contributed by atoms with van der Waals surface area (Å²) < 4.78 is 24.2. The highest BCUT2D eigenvalue weighted by Gasteiger charge is 2.20. The normalized spacial score (nSPS) is 10.9. The van der Waals surface area contributed by atoms with Crippen molar-refractivity contribution in [2.45, 2.75) is 53.4 Å². The lowest BCUT2D eigenvalue weighted by atomic mass is 10.1. The van der Waals surface area contributed by atoms with Gasteiger partial charge in [-0.2, -0.15) is 0 Å². The molecule has 11 heavy (non-hydrogen) atoms. The lowest BCUT2D eigenvalue weighted by molar-refractivity contribution is 0.00782. The van der Waals surface area contributed by atoms with Crippen molar-refractivity contribution in [2.75, 3.05) is 0 Å². The van der Waals surface area contributed by atoms with Gasteiger partial charge in [-0.05, 0) is 19.3 Å². The van der Waals surface area contributed by atoms with E-state index >= 15 is 0 Å². The van der Waals surface area contributed by atoms with Crippen LogP contribution in [0.2, 0.25) is 0 Å². The van der Waals surface area contributed by atoms with Crippen molar-refractivity contribution in [1.29, 1.82) is 0 Å². The summed E-state index contributed by atoms with van der Waals surface area (Å²) >= 11 is 0. The van der Waals surface area contributed by atoms with Crippen LogP contribution in [0.1, 0.15) is 47.5 Å². The van der Waals surface area contributed by atoms with Gasteiger partial charge in [0.15, 0.2) is 0 Å². The number of hydrogen-bond acceptors (Lipinski definition) is 0. The van der Waals surface area contributed by atoms with Crippen LogP contribution >= 0.6 is 0 Å². The van der Waals surface area contributed by atoms with Crippen LogP contribution in [0.5, 0.6) is 0 Å².